The van der Waals surface area contributed by atoms with Gasteiger partial charge in [-0.2, -0.15) is 0 Å². The number of benzene rings is 1. The van der Waals surface area contributed by atoms with Crippen LogP contribution < -0.4 is 9.47 Å². The smallest absolute Gasteiger partial charge is 0.317 e. The van der Waals surface area contributed by atoms with Crippen LogP contribution in [0.15, 0.2) is 6.07 Å². The number of esters is 3. The largest absolute Gasteiger partial charge is 0.458 e. The molecule has 0 N–H and O–H groups in total. The van der Waals surface area contributed by atoms with Gasteiger partial charge < -0.3 is 18.9 Å². The first-order valence-electron chi connectivity index (χ1n) is 11.9. The summed E-state index contributed by atoms with van der Waals surface area (Å²) in [5.41, 5.74) is 0.922. The minimum absolute atomic E-state index is 0.0338. The quantitative estimate of drug-likeness (QED) is 0.465. The zero-order chi connectivity index (χ0) is 24.3. The summed E-state index contributed by atoms with van der Waals surface area (Å²) in [6.45, 7) is 13.2. The van der Waals surface area contributed by atoms with Gasteiger partial charge in [-0.1, -0.05) is 34.1 Å². The summed E-state index contributed by atoms with van der Waals surface area (Å²) in [7, 11) is 0. The molecule has 1 saturated heterocycles. The topological polar surface area (TPSA) is 88.1 Å². The second-order valence-electron chi connectivity index (χ2n) is 10.5. The molecule has 0 unspecified atom stereocenters. The zero-order valence-corrected chi connectivity index (χ0v) is 20.6. The van der Waals surface area contributed by atoms with E-state index in [0.29, 0.717) is 18.6 Å². The molecule has 4 rings (SSSR count). The van der Waals surface area contributed by atoms with E-state index in [1.54, 1.807) is 0 Å². The van der Waals surface area contributed by atoms with Crippen molar-refractivity contribution in [2.75, 3.05) is 6.61 Å². The van der Waals surface area contributed by atoms with Crippen molar-refractivity contribution in [3.8, 4) is 11.5 Å². The molecule has 7 nitrogen and oxygen atoms in total. The van der Waals surface area contributed by atoms with Gasteiger partial charge in [-0.25, -0.2) is 0 Å². The Balaban J connectivity index is 2.14. The highest BCUT2D eigenvalue weighted by atomic mass is 16.6. The molecule has 1 aromatic rings. The highest BCUT2D eigenvalue weighted by molar-refractivity contribution is 5.91. The second kappa shape index (κ2) is 8.12. The molecule has 180 valence electrons. The second-order valence-corrected chi connectivity index (χ2v) is 10.5. The van der Waals surface area contributed by atoms with Crippen LogP contribution in [0.3, 0.4) is 0 Å². The highest BCUT2D eigenvalue weighted by Crippen LogP contribution is 2.67. The molecule has 0 spiro atoms. The minimum atomic E-state index is -0.982. The van der Waals surface area contributed by atoms with Crippen LogP contribution in [0.4, 0.5) is 0 Å². The average molecular weight is 459 g/mol. The third-order valence-corrected chi connectivity index (χ3v) is 7.51. The Labute approximate surface area is 195 Å². The summed E-state index contributed by atoms with van der Waals surface area (Å²) in [6, 6.07) is 1.96. The van der Waals surface area contributed by atoms with Gasteiger partial charge in [0.1, 0.15) is 17.6 Å². The standard InChI is InChI=1S/C26H34O7/c1-8-30-19-17-12-16(13(2)3)20(31-14(4)27)21(32-15(5)28)18(17)26-11-9-10-25(6,7)23(26)22(19)33-24(26)29/h12-13,19,22-23H,8-11H2,1-7H3/t19-,22+,23-,26-/m0/s1. The van der Waals surface area contributed by atoms with Gasteiger partial charge in [0.25, 0.3) is 0 Å². The first kappa shape index (κ1) is 23.7. The summed E-state index contributed by atoms with van der Waals surface area (Å²) in [5, 5.41) is 0. The van der Waals surface area contributed by atoms with E-state index >= 15 is 0 Å². The molecule has 3 aliphatic rings. The van der Waals surface area contributed by atoms with E-state index in [0.717, 1.165) is 24.0 Å². The van der Waals surface area contributed by atoms with Crippen molar-refractivity contribution in [1.29, 1.82) is 0 Å². The molecular formula is C26H34O7. The molecule has 0 radical (unpaired) electrons. The van der Waals surface area contributed by atoms with Crippen LogP contribution in [0, 0.1) is 11.3 Å². The molecule has 0 amide bonds. The average Bonchev–Trinajstić information content (AvgIpc) is 2.95. The number of ether oxygens (including phenoxy) is 4. The van der Waals surface area contributed by atoms with Crippen LogP contribution in [0.1, 0.15) is 96.4 Å². The Kier molecular flexibility index (Phi) is 5.84. The number of fused-ring (bicyclic) bond motifs is 1. The SMILES string of the molecule is CCO[C@H]1c2cc(C(C)C)c(OC(C)=O)c(OC(C)=O)c2[C@@]23CCCC(C)(C)[C@@H]2[C@@H]1OC3=O. The normalized spacial score (nSPS) is 29.2. The molecule has 1 aliphatic heterocycles. The van der Waals surface area contributed by atoms with Crippen molar-refractivity contribution in [2.24, 2.45) is 11.3 Å². The fourth-order valence-electron chi connectivity index (χ4n) is 6.50. The van der Waals surface area contributed by atoms with Gasteiger partial charge in [0.15, 0.2) is 11.5 Å². The molecule has 1 saturated carbocycles. The van der Waals surface area contributed by atoms with Crippen LogP contribution in [0.2, 0.25) is 0 Å². The van der Waals surface area contributed by atoms with Gasteiger partial charge >= 0.3 is 17.9 Å². The van der Waals surface area contributed by atoms with E-state index < -0.39 is 29.6 Å². The molecule has 33 heavy (non-hydrogen) atoms. The molecule has 1 aromatic carbocycles. The van der Waals surface area contributed by atoms with Gasteiger partial charge in [-0.05, 0) is 42.7 Å². The number of rotatable bonds is 5. The molecule has 2 bridgehead atoms. The number of carbonyl (C=O) groups excluding carboxylic acids is 3. The van der Waals surface area contributed by atoms with Gasteiger partial charge in [0.2, 0.25) is 0 Å². The molecule has 1 heterocycles. The predicted octanol–water partition coefficient (Wildman–Crippen LogP) is 4.74. The molecule has 4 atom stereocenters. The lowest BCUT2D eigenvalue weighted by molar-refractivity contribution is -0.150. The minimum Gasteiger partial charge on any atom is -0.458 e. The summed E-state index contributed by atoms with van der Waals surface area (Å²) in [5.74, 6) is -1.20. The summed E-state index contributed by atoms with van der Waals surface area (Å²) in [4.78, 5) is 38.1. The summed E-state index contributed by atoms with van der Waals surface area (Å²) >= 11 is 0. The van der Waals surface area contributed by atoms with Crippen molar-refractivity contribution in [3.05, 3.63) is 22.8 Å². The van der Waals surface area contributed by atoms with E-state index in [-0.39, 0.29) is 34.7 Å². The fraction of sp³-hybridized carbons (Fsp3) is 0.654. The third kappa shape index (κ3) is 3.47. The van der Waals surface area contributed by atoms with Crippen LogP contribution >= 0.6 is 0 Å². The number of hydrogen-bond donors (Lipinski definition) is 0. The van der Waals surface area contributed by atoms with Crippen LogP contribution in [0.25, 0.3) is 0 Å². The third-order valence-electron chi connectivity index (χ3n) is 7.51. The summed E-state index contributed by atoms with van der Waals surface area (Å²) < 4.78 is 23.7. The lowest BCUT2D eigenvalue weighted by Crippen LogP contribution is -2.54. The van der Waals surface area contributed by atoms with Crippen molar-refractivity contribution >= 4 is 17.9 Å². The Hall–Kier alpha value is -2.41. The molecule has 7 heteroatoms. The first-order chi connectivity index (χ1) is 15.5. The Bertz CT molecular complexity index is 1010. The molecule has 0 aromatic heterocycles. The maximum absolute atomic E-state index is 13.7. The first-order valence-corrected chi connectivity index (χ1v) is 11.9. The zero-order valence-electron chi connectivity index (χ0n) is 20.6. The fourth-order valence-corrected chi connectivity index (χ4v) is 6.50. The van der Waals surface area contributed by atoms with Crippen molar-refractivity contribution in [3.63, 3.8) is 0 Å². The van der Waals surface area contributed by atoms with Gasteiger partial charge in [0, 0.05) is 37.5 Å². The monoisotopic (exact) mass is 458 g/mol. The summed E-state index contributed by atoms with van der Waals surface area (Å²) in [6.07, 6.45) is 1.44. The molecule has 2 fully saturated rings. The number of hydrogen-bond acceptors (Lipinski definition) is 7. The number of carbonyl (C=O) groups is 3. The maximum Gasteiger partial charge on any atom is 0.317 e. The van der Waals surface area contributed by atoms with Gasteiger partial charge in [0.05, 0.1) is 0 Å². The Morgan fingerprint density at radius 1 is 1.12 bits per heavy atom. The molecular weight excluding hydrogens is 424 g/mol. The van der Waals surface area contributed by atoms with Crippen LogP contribution in [-0.2, 0) is 29.3 Å². The van der Waals surface area contributed by atoms with E-state index in [1.807, 2.05) is 26.8 Å². The Morgan fingerprint density at radius 3 is 2.33 bits per heavy atom. The van der Waals surface area contributed by atoms with E-state index in [9.17, 15) is 14.4 Å². The van der Waals surface area contributed by atoms with E-state index in [2.05, 4.69) is 13.8 Å². The van der Waals surface area contributed by atoms with Crippen molar-refractivity contribution in [1.82, 2.24) is 0 Å². The van der Waals surface area contributed by atoms with E-state index in [1.165, 1.54) is 13.8 Å². The molecule has 2 aliphatic carbocycles. The van der Waals surface area contributed by atoms with Gasteiger partial charge in [-0.15, -0.1) is 0 Å². The lowest BCUT2D eigenvalue weighted by Gasteiger charge is -2.52. The van der Waals surface area contributed by atoms with Crippen LogP contribution in [-0.4, -0.2) is 30.6 Å². The van der Waals surface area contributed by atoms with Crippen LogP contribution in [0.5, 0.6) is 11.5 Å². The highest BCUT2D eigenvalue weighted by Gasteiger charge is 2.70. The lowest BCUT2D eigenvalue weighted by atomic mass is 9.49. The van der Waals surface area contributed by atoms with E-state index in [4.69, 9.17) is 18.9 Å². The van der Waals surface area contributed by atoms with Gasteiger partial charge in [-0.3, -0.25) is 14.4 Å². The Morgan fingerprint density at radius 2 is 1.76 bits per heavy atom. The predicted molar refractivity (Wildman–Crippen MR) is 120 cm³/mol. The van der Waals surface area contributed by atoms with Crippen molar-refractivity contribution < 1.29 is 33.3 Å². The van der Waals surface area contributed by atoms with Crippen molar-refractivity contribution in [2.45, 2.75) is 91.3 Å². The maximum atomic E-state index is 13.7.